The van der Waals surface area contributed by atoms with Crippen LogP contribution in [-0.2, 0) is 0 Å². The molecule has 2 heteroatoms. The highest BCUT2D eigenvalue weighted by Gasteiger charge is 2.07. The normalized spacial score (nSPS) is 11.9. The first-order valence-corrected chi connectivity index (χ1v) is 3.86. The van der Waals surface area contributed by atoms with Crippen LogP contribution in [0.2, 0.25) is 0 Å². The maximum absolute atomic E-state index is 4.23. The van der Waals surface area contributed by atoms with Gasteiger partial charge in [0.1, 0.15) is 0 Å². The quantitative estimate of drug-likeness (QED) is 0.435. The van der Waals surface area contributed by atoms with Crippen molar-refractivity contribution in [3.8, 4) is 0 Å². The van der Waals surface area contributed by atoms with Crippen molar-refractivity contribution in [2.75, 3.05) is 0 Å². The van der Waals surface area contributed by atoms with E-state index in [-0.39, 0.29) is 0 Å². The van der Waals surface area contributed by atoms with E-state index in [1.165, 1.54) is 0 Å². The molecule has 0 aromatic heterocycles. The van der Waals surface area contributed by atoms with Gasteiger partial charge in [-0.25, -0.2) is 0 Å². The minimum atomic E-state index is 0.496. The molecule has 0 amide bonds. The maximum Gasteiger partial charge on any atom is 0.0417 e. The van der Waals surface area contributed by atoms with Crippen LogP contribution >= 0.6 is 0 Å². The van der Waals surface area contributed by atoms with Crippen LogP contribution in [0, 0.1) is 0 Å². The van der Waals surface area contributed by atoms with Gasteiger partial charge >= 0.3 is 0 Å². The van der Waals surface area contributed by atoms with Crippen molar-refractivity contribution in [2.24, 2.45) is 5.10 Å². The molecule has 0 unspecified atom stereocenters. The average molecular weight is 142 g/mol. The van der Waals surface area contributed by atoms with Crippen molar-refractivity contribution >= 4 is 6.21 Å². The summed E-state index contributed by atoms with van der Waals surface area (Å²) in [6.45, 7) is 10.5. The number of hydrogen-bond donors (Lipinski definition) is 0. The highest BCUT2D eigenvalue weighted by atomic mass is 15.5. The molecule has 0 aromatic carbocycles. The standard InChI is InChI=1S/C8H18N2/c1-6-9-10(7(2)3)8(4)5/h6-8H,1-5H3/b9-6-. The van der Waals surface area contributed by atoms with Crippen LogP contribution in [0.15, 0.2) is 5.10 Å². The highest BCUT2D eigenvalue weighted by molar-refractivity contribution is 5.52. The molecule has 0 heterocycles. The van der Waals surface area contributed by atoms with Gasteiger partial charge in [-0.05, 0) is 34.6 Å². The Bertz CT molecular complexity index is 97.8. The molecule has 0 aromatic rings. The van der Waals surface area contributed by atoms with Crippen molar-refractivity contribution in [2.45, 2.75) is 46.7 Å². The molecule has 0 aliphatic carbocycles. The van der Waals surface area contributed by atoms with Gasteiger partial charge in [-0.2, -0.15) is 5.10 Å². The van der Waals surface area contributed by atoms with Gasteiger partial charge in [-0.15, -0.1) is 0 Å². The van der Waals surface area contributed by atoms with Gasteiger partial charge in [0, 0.05) is 18.3 Å². The molecule has 2 nitrogen and oxygen atoms in total. The van der Waals surface area contributed by atoms with Gasteiger partial charge in [0.25, 0.3) is 0 Å². The minimum absolute atomic E-state index is 0.496. The molecular formula is C8H18N2. The van der Waals surface area contributed by atoms with Crippen LogP contribution in [-0.4, -0.2) is 23.3 Å². The van der Waals surface area contributed by atoms with Crippen molar-refractivity contribution < 1.29 is 0 Å². The molecular weight excluding hydrogens is 124 g/mol. The Morgan fingerprint density at radius 1 is 1.10 bits per heavy atom. The highest BCUT2D eigenvalue weighted by Crippen LogP contribution is 2.03. The van der Waals surface area contributed by atoms with Crippen molar-refractivity contribution in [3.05, 3.63) is 0 Å². The van der Waals surface area contributed by atoms with E-state index in [9.17, 15) is 0 Å². The lowest BCUT2D eigenvalue weighted by atomic mass is 10.3. The Hall–Kier alpha value is -0.530. The molecule has 0 aliphatic heterocycles. The largest absolute Gasteiger partial charge is 0.292 e. The zero-order chi connectivity index (χ0) is 8.15. The van der Waals surface area contributed by atoms with E-state index < -0.39 is 0 Å². The molecule has 0 fully saturated rings. The van der Waals surface area contributed by atoms with Crippen LogP contribution in [0.4, 0.5) is 0 Å². The number of rotatable bonds is 3. The first-order valence-electron chi connectivity index (χ1n) is 3.86. The van der Waals surface area contributed by atoms with Gasteiger partial charge in [0.05, 0.1) is 0 Å². The minimum Gasteiger partial charge on any atom is -0.292 e. The molecule has 0 rings (SSSR count). The Kier molecular flexibility index (Phi) is 4.08. The molecule has 0 radical (unpaired) electrons. The van der Waals surface area contributed by atoms with Crippen molar-refractivity contribution in [3.63, 3.8) is 0 Å². The van der Waals surface area contributed by atoms with Crippen molar-refractivity contribution in [1.82, 2.24) is 5.01 Å². The zero-order valence-corrected chi connectivity index (χ0v) is 7.63. The summed E-state index contributed by atoms with van der Waals surface area (Å²) in [4.78, 5) is 0. The SMILES string of the molecule is C/C=N\N(C(C)C)C(C)C. The van der Waals surface area contributed by atoms with E-state index in [0.717, 1.165) is 0 Å². The van der Waals surface area contributed by atoms with E-state index >= 15 is 0 Å². The summed E-state index contributed by atoms with van der Waals surface area (Å²) >= 11 is 0. The van der Waals surface area contributed by atoms with E-state index in [4.69, 9.17) is 0 Å². The molecule has 0 saturated carbocycles. The zero-order valence-electron chi connectivity index (χ0n) is 7.63. The third-order valence-electron chi connectivity index (χ3n) is 1.31. The van der Waals surface area contributed by atoms with Gasteiger partial charge < -0.3 is 0 Å². The summed E-state index contributed by atoms with van der Waals surface area (Å²) in [6.07, 6.45) is 1.83. The second-order valence-electron chi connectivity index (χ2n) is 2.94. The Morgan fingerprint density at radius 3 is 1.60 bits per heavy atom. The number of hydrogen-bond acceptors (Lipinski definition) is 2. The van der Waals surface area contributed by atoms with Gasteiger partial charge in [-0.1, -0.05) is 0 Å². The summed E-state index contributed by atoms with van der Waals surface area (Å²) in [6, 6.07) is 0.993. The third-order valence-corrected chi connectivity index (χ3v) is 1.31. The molecule has 0 N–H and O–H groups in total. The van der Waals surface area contributed by atoms with Crippen LogP contribution < -0.4 is 0 Å². The molecule has 10 heavy (non-hydrogen) atoms. The predicted octanol–water partition coefficient (Wildman–Crippen LogP) is 2.11. The maximum atomic E-state index is 4.23. The predicted molar refractivity (Wildman–Crippen MR) is 46.3 cm³/mol. The summed E-state index contributed by atoms with van der Waals surface area (Å²) in [5.41, 5.74) is 0. The Labute approximate surface area is 63.9 Å². The molecule has 0 spiro atoms. The third kappa shape index (κ3) is 2.85. The molecule has 60 valence electrons. The summed E-state index contributed by atoms with van der Waals surface area (Å²) in [5.74, 6) is 0. The summed E-state index contributed by atoms with van der Waals surface area (Å²) < 4.78 is 0. The van der Waals surface area contributed by atoms with Gasteiger partial charge in [-0.3, -0.25) is 5.01 Å². The van der Waals surface area contributed by atoms with Crippen LogP contribution in [0.1, 0.15) is 34.6 Å². The fourth-order valence-corrected chi connectivity index (χ4v) is 0.996. The monoisotopic (exact) mass is 142 g/mol. The topological polar surface area (TPSA) is 15.6 Å². The van der Waals surface area contributed by atoms with E-state index in [2.05, 4.69) is 37.8 Å². The van der Waals surface area contributed by atoms with Gasteiger partial charge in [0.15, 0.2) is 0 Å². The van der Waals surface area contributed by atoms with E-state index in [1.54, 1.807) is 0 Å². The lowest BCUT2D eigenvalue weighted by molar-refractivity contribution is 0.184. The molecule has 0 bridgehead atoms. The summed E-state index contributed by atoms with van der Waals surface area (Å²) in [7, 11) is 0. The van der Waals surface area contributed by atoms with Crippen LogP contribution in [0.25, 0.3) is 0 Å². The second kappa shape index (κ2) is 4.31. The summed E-state index contributed by atoms with van der Waals surface area (Å²) in [5, 5.41) is 6.31. The van der Waals surface area contributed by atoms with Crippen LogP contribution in [0.3, 0.4) is 0 Å². The fraction of sp³-hybridized carbons (Fsp3) is 0.875. The average Bonchev–Trinajstić information content (AvgIpc) is 1.81. The van der Waals surface area contributed by atoms with Gasteiger partial charge in [0.2, 0.25) is 0 Å². The smallest absolute Gasteiger partial charge is 0.0417 e. The fourth-order valence-electron chi connectivity index (χ4n) is 0.996. The van der Waals surface area contributed by atoms with E-state index in [0.29, 0.717) is 12.1 Å². The van der Waals surface area contributed by atoms with E-state index in [1.807, 2.05) is 13.1 Å². The van der Waals surface area contributed by atoms with Crippen molar-refractivity contribution in [1.29, 1.82) is 0 Å². The lowest BCUT2D eigenvalue weighted by Crippen LogP contribution is -2.31. The molecule has 0 aliphatic rings. The Morgan fingerprint density at radius 2 is 1.50 bits per heavy atom. The molecule has 0 saturated heterocycles. The first kappa shape index (κ1) is 9.47. The lowest BCUT2D eigenvalue weighted by Gasteiger charge is -2.27. The number of hydrazone groups is 1. The molecule has 0 atom stereocenters. The first-order chi connectivity index (χ1) is 4.59. The Balaban J connectivity index is 3.98. The van der Waals surface area contributed by atoms with Crippen LogP contribution in [0.5, 0.6) is 0 Å². The number of nitrogens with zero attached hydrogens (tertiary/aromatic N) is 2. The second-order valence-corrected chi connectivity index (χ2v) is 2.94.